The lowest BCUT2D eigenvalue weighted by Gasteiger charge is -2.26. The molecule has 2 aromatic heterocycles. The molecule has 2 heterocycles. The van der Waals surface area contributed by atoms with E-state index in [1.54, 1.807) is 0 Å². The number of benzene rings is 1. The van der Waals surface area contributed by atoms with Gasteiger partial charge >= 0.3 is 0 Å². The van der Waals surface area contributed by atoms with Crippen LogP contribution in [0.2, 0.25) is 0 Å². The van der Waals surface area contributed by atoms with Gasteiger partial charge in [0.05, 0.1) is 6.61 Å². The molecular formula is C48H78N2O+2. The van der Waals surface area contributed by atoms with Crippen molar-refractivity contribution in [1.29, 1.82) is 0 Å². The standard InChI is InChI=1S/C48H78N2O/c1-8-9-10-11-12-13-14-15-16-17-18-19-20-21-22-23-24-25-32-49-34-28-42(29-35-49)43-30-36-50(37-31-43)33-26-27-38-51-46-40-44(47(2,3)4)39-45(41-46)48(5,6)7/h28-31,34-37,39-41H,8-27,32-33,38H2,1-7H3/q+2. The number of aryl methyl sites for hydroxylation is 2. The van der Waals surface area contributed by atoms with Crippen molar-refractivity contribution in [2.45, 2.75) is 201 Å². The van der Waals surface area contributed by atoms with Crippen LogP contribution in [0.3, 0.4) is 0 Å². The van der Waals surface area contributed by atoms with E-state index in [1.807, 2.05) is 0 Å². The van der Waals surface area contributed by atoms with Crippen molar-refractivity contribution in [3.8, 4) is 16.9 Å². The molecule has 3 rings (SSSR count). The molecule has 3 aromatic rings. The quantitative estimate of drug-likeness (QED) is 0.0602. The highest BCUT2D eigenvalue weighted by Gasteiger charge is 2.21. The summed E-state index contributed by atoms with van der Waals surface area (Å²) in [6.45, 7) is 18.8. The Morgan fingerprint density at radius 2 is 0.765 bits per heavy atom. The summed E-state index contributed by atoms with van der Waals surface area (Å²) in [6, 6.07) is 15.9. The summed E-state index contributed by atoms with van der Waals surface area (Å²) < 4.78 is 10.9. The summed E-state index contributed by atoms with van der Waals surface area (Å²) >= 11 is 0. The van der Waals surface area contributed by atoms with Crippen LogP contribution in [0, 0.1) is 0 Å². The van der Waals surface area contributed by atoms with Gasteiger partial charge in [-0.25, -0.2) is 9.13 Å². The van der Waals surface area contributed by atoms with Gasteiger partial charge < -0.3 is 4.74 Å². The summed E-state index contributed by atoms with van der Waals surface area (Å²) in [5.41, 5.74) is 5.46. The van der Waals surface area contributed by atoms with Crippen LogP contribution in [0.1, 0.15) is 188 Å². The van der Waals surface area contributed by atoms with Crippen LogP contribution in [0.5, 0.6) is 5.75 Å². The van der Waals surface area contributed by atoms with Crippen molar-refractivity contribution in [2.75, 3.05) is 6.61 Å². The molecule has 0 radical (unpaired) electrons. The molecule has 0 aliphatic heterocycles. The van der Waals surface area contributed by atoms with Gasteiger partial charge in [0.2, 0.25) is 0 Å². The predicted octanol–water partition coefficient (Wildman–Crippen LogP) is 13.4. The van der Waals surface area contributed by atoms with Gasteiger partial charge in [0, 0.05) is 37.1 Å². The van der Waals surface area contributed by atoms with Crippen LogP contribution < -0.4 is 13.9 Å². The van der Waals surface area contributed by atoms with E-state index in [-0.39, 0.29) is 10.8 Å². The van der Waals surface area contributed by atoms with E-state index in [1.165, 1.54) is 138 Å². The van der Waals surface area contributed by atoms with E-state index in [9.17, 15) is 0 Å². The van der Waals surface area contributed by atoms with Crippen molar-refractivity contribution >= 4 is 0 Å². The number of hydrogen-bond donors (Lipinski definition) is 0. The first kappa shape index (κ1) is 42.7. The molecule has 1 aromatic carbocycles. The molecule has 0 N–H and O–H groups in total. The number of ether oxygens (including phenoxy) is 1. The molecule has 0 amide bonds. The molecular weight excluding hydrogens is 621 g/mol. The highest BCUT2D eigenvalue weighted by atomic mass is 16.5. The predicted molar refractivity (Wildman–Crippen MR) is 220 cm³/mol. The van der Waals surface area contributed by atoms with Gasteiger partial charge in [0.25, 0.3) is 0 Å². The Kier molecular flexibility index (Phi) is 19.9. The van der Waals surface area contributed by atoms with E-state index in [0.717, 1.165) is 38.3 Å². The summed E-state index contributed by atoms with van der Waals surface area (Å²) in [4.78, 5) is 0. The van der Waals surface area contributed by atoms with Gasteiger partial charge in [-0.3, -0.25) is 0 Å². The fraction of sp³-hybridized carbons (Fsp3) is 0.667. The molecule has 284 valence electrons. The maximum absolute atomic E-state index is 6.27. The molecule has 0 aliphatic rings. The van der Waals surface area contributed by atoms with Crippen LogP contribution in [-0.2, 0) is 23.9 Å². The molecule has 0 spiro atoms. The summed E-state index contributed by atoms with van der Waals surface area (Å²) in [5.74, 6) is 1.00. The average molecular weight is 699 g/mol. The third-order valence-electron chi connectivity index (χ3n) is 10.6. The molecule has 51 heavy (non-hydrogen) atoms. The van der Waals surface area contributed by atoms with E-state index in [4.69, 9.17) is 4.74 Å². The first-order valence-electron chi connectivity index (χ1n) is 21.3. The second-order valence-electron chi connectivity index (χ2n) is 17.5. The second-order valence-corrected chi connectivity index (χ2v) is 17.5. The fourth-order valence-electron chi connectivity index (χ4n) is 6.93. The van der Waals surface area contributed by atoms with Crippen molar-refractivity contribution in [3.05, 3.63) is 78.4 Å². The number of unbranched alkanes of at least 4 members (excludes halogenated alkanes) is 18. The van der Waals surface area contributed by atoms with Gasteiger partial charge in [-0.05, 0) is 58.1 Å². The van der Waals surface area contributed by atoms with Gasteiger partial charge in [-0.15, -0.1) is 0 Å². The number of hydrogen-bond acceptors (Lipinski definition) is 1. The molecule has 0 aliphatic carbocycles. The number of aromatic nitrogens is 2. The molecule has 0 saturated heterocycles. The first-order chi connectivity index (χ1) is 24.6. The number of pyridine rings is 2. The Hall–Kier alpha value is -2.68. The van der Waals surface area contributed by atoms with Crippen molar-refractivity contribution in [1.82, 2.24) is 0 Å². The third kappa shape index (κ3) is 18.1. The van der Waals surface area contributed by atoms with Gasteiger partial charge in [-0.2, -0.15) is 0 Å². The molecule has 0 atom stereocenters. The normalized spacial score (nSPS) is 12.1. The molecule has 0 saturated carbocycles. The summed E-state index contributed by atoms with van der Waals surface area (Å²) in [5, 5.41) is 0. The second kappa shape index (κ2) is 23.8. The maximum atomic E-state index is 6.27. The molecule has 0 fully saturated rings. The lowest BCUT2D eigenvalue weighted by Crippen LogP contribution is -2.33. The fourth-order valence-corrected chi connectivity index (χ4v) is 6.93. The zero-order chi connectivity index (χ0) is 36.8. The highest BCUT2D eigenvalue weighted by Crippen LogP contribution is 2.33. The molecule has 3 heteroatoms. The Morgan fingerprint density at radius 3 is 1.12 bits per heavy atom. The SMILES string of the molecule is CCCCCCCCCCCCCCCCCCCC[n+]1ccc(-c2cc[n+](CCCCOc3cc(C(C)(C)C)cc(C(C)(C)C)c3)cc2)cc1. The van der Waals surface area contributed by atoms with Crippen molar-refractivity contribution in [3.63, 3.8) is 0 Å². The van der Waals surface area contributed by atoms with Crippen molar-refractivity contribution in [2.24, 2.45) is 0 Å². The van der Waals surface area contributed by atoms with Crippen LogP contribution in [-0.4, -0.2) is 6.61 Å². The van der Waals surface area contributed by atoms with Crippen LogP contribution in [0.15, 0.2) is 67.3 Å². The van der Waals surface area contributed by atoms with Crippen LogP contribution in [0.25, 0.3) is 11.1 Å². The van der Waals surface area contributed by atoms with Gasteiger partial charge in [0.1, 0.15) is 18.8 Å². The maximum Gasteiger partial charge on any atom is 0.169 e. The van der Waals surface area contributed by atoms with Crippen LogP contribution >= 0.6 is 0 Å². The third-order valence-corrected chi connectivity index (χ3v) is 10.6. The number of nitrogens with zero attached hydrogens (tertiary/aromatic N) is 2. The Labute approximate surface area is 315 Å². The van der Waals surface area contributed by atoms with E-state index in [2.05, 4.69) is 125 Å². The van der Waals surface area contributed by atoms with E-state index < -0.39 is 0 Å². The van der Waals surface area contributed by atoms with Crippen LogP contribution in [0.4, 0.5) is 0 Å². The number of rotatable bonds is 26. The average Bonchev–Trinajstić information content (AvgIpc) is 3.10. The lowest BCUT2D eigenvalue weighted by atomic mass is 9.80. The summed E-state index contributed by atoms with van der Waals surface area (Å²) in [7, 11) is 0. The minimum atomic E-state index is 0.105. The first-order valence-corrected chi connectivity index (χ1v) is 21.3. The molecule has 0 unspecified atom stereocenters. The Balaban J connectivity index is 1.22. The monoisotopic (exact) mass is 699 g/mol. The molecule has 3 nitrogen and oxygen atoms in total. The Morgan fingerprint density at radius 1 is 0.431 bits per heavy atom. The van der Waals surface area contributed by atoms with E-state index >= 15 is 0 Å². The Bertz CT molecular complexity index is 1280. The zero-order valence-corrected chi connectivity index (χ0v) is 34.4. The minimum absolute atomic E-state index is 0.105. The van der Waals surface area contributed by atoms with E-state index in [0.29, 0.717) is 0 Å². The topological polar surface area (TPSA) is 17.0 Å². The summed E-state index contributed by atoms with van der Waals surface area (Å²) in [6.07, 6.45) is 36.8. The lowest BCUT2D eigenvalue weighted by molar-refractivity contribution is -0.697. The smallest absolute Gasteiger partial charge is 0.169 e. The minimum Gasteiger partial charge on any atom is -0.494 e. The van der Waals surface area contributed by atoms with Crippen molar-refractivity contribution < 1.29 is 13.9 Å². The van der Waals surface area contributed by atoms with Gasteiger partial charge in [-0.1, -0.05) is 157 Å². The largest absolute Gasteiger partial charge is 0.494 e. The molecule has 0 bridgehead atoms. The highest BCUT2D eigenvalue weighted by molar-refractivity contribution is 5.60. The van der Waals surface area contributed by atoms with Gasteiger partial charge in [0.15, 0.2) is 24.8 Å². The zero-order valence-electron chi connectivity index (χ0n) is 34.4.